The molecule has 6 nitrogen and oxygen atoms in total. The van der Waals surface area contributed by atoms with Gasteiger partial charge in [-0.3, -0.25) is 0 Å². The van der Waals surface area contributed by atoms with Crippen molar-refractivity contribution in [1.82, 2.24) is 9.97 Å². The van der Waals surface area contributed by atoms with Gasteiger partial charge in [-0.15, -0.1) is 0 Å². The summed E-state index contributed by atoms with van der Waals surface area (Å²) in [5.41, 5.74) is 0.360. The second-order valence-corrected chi connectivity index (χ2v) is 4.61. The van der Waals surface area contributed by atoms with Crippen molar-refractivity contribution in [2.45, 2.75) is 38.8 Å². The summed E-state index contributed by atoms with van der Waals surface area (Å²) >= 11 is 0. The monoisotopic (exact) mass is 247 g/mol. The van der Waals surface area contributed by atoms with E-state index in [1.807, 2.05) is 13.8 Å². The lowest BCUT2D eigenvalue weighted by Gasteiger charge is -2.13. The predicted molar refractivity (Wildman–Crippen MR) is 68.7 cm³/mol. The second-order valence-electron chi connectivity index (χ2n) is 4.61. The molecule has 1 fully saturated rings. The lowest BCUT2D eigenvalue weighted by atomic mass is 10.3. The molecule has 18 heavy (non-hydrogen) atoms. The minimum atomic E-state index is 0.219. The topological polar surface area (TPSA) is 82.9 Å². The minimum absolute atomic E-state index is 0.219. The molecule has 0 atom stereocenters. The Morgan fingerprint density at radius 2 is 2.11 bits per heavy atom. The molecule has 2 rings (SSSR count). The largest absolute Gasteiger partial charge is 0.480 e. The third-order valence-electron chi connectivity index (χ3n) is 2.52. The summed E-state index contributed by atoms with van der Waals surface area (Å²) in [4.78, 5) is 8.52. The van der Waals surface area contributed by atoms with E-state index in [-0.39, 0.29) is 6.04 Å². The van der Waals surface area contributed by atoms with Crippen LogP contribution in [0.1, 0.15) is 32.3 Å². The first-order valence-corrected chi connectivity index (χ1v) is 6.03. The number of nitrogens with one attached hydrogen (secondary N) is 2. The van der Waals surface area contributed by atoms with Gasteiger partial charge in [-0.25, -0.2) is 0 Å². The summed E-state index contributed by atoms with van der Waals surface area (Å²) in [5, 5.41) is 15.5. The molecule has 2 N–H and O–H groups in total. The molecule has 1 aromatic rings. The molecule has 0 saturated heterocycles. The van der Waals surface area contributed by atoms with Crippen LogP contribution < -0.4 is 15.4 Å². The first kappa shape index (κ1) is 12.4. The van der Waals surface area contributed by atoms with E-state index in [9.17, 15) is 0 Å². The third kappa shape index (κ3) is 2.80. The maximum atomic E-state index is 9.17. The number of anilines is 2. The van der Waals surface area contributed by atoms with Crippen LogP contribution in [0.4, 0.5) is 11.8 Å². The van der Waals surface area contributed by atoms with Gasteiger partial charge < -0.3 is 15.4 Å². The Labute approximate surface area is 106 Å². The molecule has 0 spiro atoms. The number of methoxy groups -OCH3 is 1. The number of aromatic nitrogens is 2. The molecule has 1 heterocycles. The summed E-state index contributed by atoms with van der Waals surface area (Å²) in [6, 6.07) is 2.73. The highest BCUT2D eigenvalue weighted by atomic mass is 16.5. The van der Waals surface area contributed by atoms with E-state index >= 15 is 0 Å². The zero-order valence-corrected chi connectivity index (χ0v) is 10.8. The molecule has 0 aromatic carbocycles. The fourth-order valence-electron chi connectivity index (χ4n) is 1.54. The Bertz CT molecular complexity index is 476. The molecule has 96 valence electrons. The van der Waals surface area contributed by atoms with Crippen molar-refractivity contribution in [2.75, 3.05) is 17.7 Å². The van der Waals surface area contributed by atoms with Crippen LogP contribution in [0.2, 0.25) is 0 Å². The van der Waals surface area contributed by atoms with E-state index in [0.717, 1.165) is 12.8 Å². The fourth-order valence-corrected chi connectivity index (χ4v) is 1.54. The summed E-state index contributed by atoms with van der Waals surface area (Å²) in [6.07, 6.45) is 2.23. The van der Waals surface area contributed by atoms with Crippen LogP contribution in [-0.2, 0) is 0 Å². The van der Waals surface area contributed by atoms with Gasteiger partial charge in [0.2, 0.25) is 11.8 Å². The number of hydrogen-bond acceptors (Lipinski definition) is 6. The highest BCUT2D eigenvalue weighted by Gasteiger charge is 2.25. The van der Waals surface area contributed by atoms with Crippen LogP contribution in [0.25, 0.3) is 0 Å². The van der Waals surface area contributed by atoms with Gasteiger partial charge in [0.1, 0.15) is 6.07 Å². The summed E-state index contributed by atoms with van der Waals surface area (Å²) < 4.78 is 5.15. The Morgan fingerprint density at radius 1 is 1.39 bits per heavy atom. The molecule has 1 saturated carbocycles. The molecule has 6 heteroatoms. The van der Waals surface area contributed by atoms with E-state index in [0.29, 0.717) is 29.3 Å². The molecular weight excluding hydrogens is 230 g/mol. The van der Waals surface area contributed by atoms with Gasteiger partial charge in [-0.05, 0) is 26.7 Å². The minimum Gasteiger partial charge on any atom is -0.480 e. The van der Waals surface area contributed by atoms with Gasteiger partial charge in [-0.2, -0.15) is 15.2 Å². The summed E-state index contributed by atoms with van der Waals surface area (Å²) in [6.45, 7) is 4.00. The first-order valence-electron chi connectivity index (χ1n) is 6.03. The smallest absolute Gasteiger partial charge is 0.238 e. The summed E-state index contributed by atoms with van der Waals surface area (Å²) in [5.74, 6) is 1.33. The Balaban J connectivity index is 2.36. The van der Waals surface area contributed by atoms with E-state index in [2.05, 4.69) is 26.7 Å². The van der Waals surface area contributed by atoms with E-state index in [4.69, 9.17) is 10.00 Å². The van der Waals surface area contributed by atoms with Gasteiger partial charge in [0.05, 0.1) is 7.11 Å². The molecule has 0 amide bonds. The van der Waals surface area contributed by atoms with E-state index in [1.54, 1.807) is 0 Å². The lowest BCUT2D eigenvalue weighted by Crippen LogP contribution is -2.15. The van der Waals surface area contributed by atoms with Crippen LogP contribution in [0.15, 0.2) is 0 Å². The summed E-state index contributed by atoms with van der Waals surface area (Å²) in [7, 11) is 1.50. The molecule has 0 unspecified atom stereocenters. The van der Waals surface area contributed by atoms with Gasteiger partial charge in [0.15, 0.2) is 11.4 Å². The van der Waals surface area contributed by atoms with Crippen molar-refractivity contribution in [3.05, 3.63) is 5.56 Å². The maximum absolute atomic E-state index is 9.17. The van der Waals surface area contributed by atoms with Gasteiger partial charge in [0, 0.05) is 12.1 Å². The maximum Gasteiger partial charge on any atom is 0.238 e. The average molecular weight is 247 g/mol. The lowest BCUT2D eigenvalue weighted by molar-refractivity contribution is 0.396. The van der Waals surface area contributed by atoms with Crippen LogP contribution in [0.3, 0.4) is 0 Å². The fraction of sp³-hybridized carbons (Fsp3) is 0.583. The van der Waals surface area contributed by atoms with Crippen molar-refractivity contribution in [1.29, 1.82) is 5.26 Å². The van der Waals surface area contributed by atoms with Gasteiger partial charge in [-0.1, -0.05) is 0 Å². The Morgan fingerprint density at radius 3 is 2.61 bits per heavy atom. The van der Waals surface area contributed by atoms with E-state index < -0.39 is 0 Å². The van der Waals surface area contributed by atoms with Crippen LogP contribution in [0, 0.1) is 11.3 Å². The molecule has 1 aliphatic rings. The molecule has 0 radical (unpaired) electrons. The quantitative estimate of drug-likeness (QED) is 0.824. The number of hydrogen-bond donors (Lipinski definition) is 2. The first-order chi connectivity index (χ1) is 8.63. The highest BCUT2D eigenvalue weighted by Crippen LogP contribution is 2.29. The average Bonchev–Trinajstić information content (AvgIpc) is 3.11. The van der Waals surface area contributed by atoms with Crippen molar-refractivity contribution < 1.29 is 4.74 Å². The van der Waals surface area contributed by atoms with Crippen molar-refractivity contribution in [3.63, 3.8) is 0 Å². The zero-order valence-electron chi connectivity index (χ0n) is 10.8. The van der Waals surface area contributed by atoms with Crippen LogP contribution in [-0.4, -0.2) is 29.2 Å². The van der Waals surface area contributed by atoms with Gasteiger partial charge >= 0.3 is 0 Å². The zero-order chi connectivity index (χ0) is 13.1. The normalized spacial score (nSPS) is 14.2. The Kier molecular flexibility index (Phi) is 3.51. The number of nitrogens with zero attached hydrogens (tertiary/aromatic N) is 3. The highest BCUT2D eigenvalue weighted by molar-refractivity contribution is 5.60. The predicted octanol–water partition coefficient (Wildman–Crippen LogP) is 1.75. The van der Waals surface area contributed by atoms with Crippen molar-refractivity contribution in [3.8, 4) is 11.9 Å². The van der Waals surface area contributed by atoms with Crippen LogP contribution >= 0.6 is 0 Å². The molecule has 1 aromatic heterocycles. The number of ether oxygens (including phenoxy) is 1. The Hall–Kier alpha value is -2.03. The third-order valence-corrected chi connectivity index (χ3v) is 2.52. The number of nitriles is 1. The second kappa shape index (κ2) is 5.08. The van der Waals surface area contributed by atoms with E-state index in [1.165, 1.54) is 7.11 Å². The standard InChI is InChI=1S/C12H17N5O/c1-7(2)14-12-16-10(15-8-4-5-8)9(6-13)11(17-12)18-3/h7-8H,4-5H2,1-3H3,(H2,14,15,16,17). The molecular formula is C12H17N5O. The van der Waals surface area contributed by atoms with Crippen LogP contribution in [0.5, 0.6) is 5.88 Å². The van der Waals surface area contributed by atoms with Crippen molar-refractivity contribution in [2.24, 2.45) is 0 Å². The molecule has 0 bridgehead atoms. The van der Waals surface area contributed by atoms with Gasteiger partial charge in [0.25, 0.3) is 0 Å². The molecule has 0 aliphatic heterocycles. The SMILES string of the molecule is COc1nc(NC(C)C)nc(NC2CC2)c1C#N. The molecule has 1 aliphatic carbocycles. The number of rotatable bonds is 5. The van der Waals surface area contributed by atoms with Crippen molar-refractivity contribution >= 4 is 11.8 Å².